The van der Waals surface area contributed by atoms with Crippen LogP contribution in [0, 0.1) is 0 Å². The number of esters is 1. The molecular weight excluding hydrogens is 894 g/mol. The van der Waals surface area contributed by atoms with Crippen LogP contribution in [0.3, 0.4) is 0 Å². The van der Waals surface area contributed by atoms with Gasteiger partial charge in [-0.05, 0) is 84.0 Å². The molecule has 0 heterocycles. The average Bonchev–Trinajstić information content (AvgIpc) is 3.33. The van der Waals surface area contributed by atoms with E-state index >= 15 is 14.4 Å². The van der Waals surface area contributed by atoms with Gasteiger partial charge in [-0.1, -0.05) is 160 Å². The Balaban J connectivity index is 7.73. The zero-order valence-corrected chi connectivity index (χ0v) is 45.1. The van der Waals surface area contributed by atoms with E-state index in [0.717, 1.165) is 6.42 Å². The zero-order chi connectivity index (χ0) is 53.2. The monoisotopic (exact) mass is 989 g/mol. The van der Waals surface area contributed by atoms with Gasteiger partial charge in [0.05, 0.1) is 6.61 Å². The lowest BCUT2D eigenvalue weighted by Crippen LogP contribution is -2.72. The van der Waals surface area contributed by atoms with Gasteiger partial charge >= 0.3 is 18.1 Å². The van der Waals surface area contributed by atoms with Crippen LogP contribution in [0.1, 0.15) is 244 Å². The standard InChI is InChI=1S/C52H95F3N6O8/c1-14-27-33-46(20-7,57-40(63)48(22-9,35-29-16-3)59-42(65)50(24-11,37-31-18-5)61-44(67)52(53,54)55)39(62)56-47(21-8,34-28-15-2)41(64)58-49(23-10,36-30-17-4)43(66)60-51(25-12,38-32-19-6)45(68)69-26-13/h14-38H2,1-13H3,(H,56,62)(H,57,63)(H,58,64)(H,59,65)(H,60,66)(H,61,67)/t46-,47-,48-,49-,50-,51-/m0/s1. The number of carbonyl (C=O) groups excluding carboxylic acids is 7. The summed E-state index contributed by atoms with van der Waals surface area (Å²) in [5, 5.41) is 17.2. The molecule has 0 rings (SSSR count). The highest BCUT2D eigenvalue weighted by Gasteiger charge is 2.53. The van der Waals surface area contributed by atoms with Gasteiger partial charge in [0.15, 0.2) is 0 Å². The van der Waals surface area contributed by atoms with Gasteiger partial charge in [-0.2, -0.15) is 13.2 Å². The Bertz CT molecular complexity index is 1630. The molecule has 0 saturated carbocycles. The third kappa shape index (κ3) is 17.4. The Labute approximate surface area is 413 Å². The van der Waals surface area contributed by atoms with E-state index in [9.17, 15) is 32.3 Å². The lowest BCUT2D eigenvalue weighted by molar-refractivity contribution is -0.176. The van der Waals surface area contributed by atoms with E-state index in [1.807, 2.05) is 53.8 Å². The molecule has 0 aromatic heterocycles. The second-order valence-electron chi connectivity index (χ2n) is 19.2. The van der Waals surface area contributed by atoms with Crippen molar-refractivity contribution in [3.05, 3.63) is 0 Å². The Morgan fingerprint density at radius 1 is 0.319 bits per heavy atom. The molecule has 69 heavy (non-hydrogen) atoms. The van der Waals surface area contributed by atoms with Gasteiger partial charge in [0.1, 0.15) is 33.2 Å². The molecule has 0 aliphatic carbocycles. The minimum absolute atomic E-state index is 0.00517. The van der Waals surface area contributed by atoms with Crippen molar-refractivity contribution in [2.45, 2.75) is 284 Å². The Hall–Kier alpha value is -3.92. The number of hydrogen-bond donors (Lipinski definition) is 6. The molecule has 0 fully saturated rings. The van der Waals surface area contributed by atoms with Crippen molar-refractivity contribution >= 4 is 41.4 Å². The normalized spacial score (nSPS) is 16.9. The summed E-state index contributed by atoms with van der Waals surface area (Å²) in [6.45, 7) is 23.7. The molecule has 0 aliphatic rings. The number of alkyl halides is 3. The van der Waals surface area contributed by atoms with Crippen molar-refractivity contribution in [2.24, 2.45) is 0 Å². The number of ether oxygens (including phenoxy) is 1. The van der Waals surface area contributed by atoms with E-state index in [2.05, 4.69) is 26.6 Å². The third-order valence-electron chi connectivity index (χ3n) is 14.6. The molecule has 0 aromatic carbocycles. The number of rotatable bonds is 37. The van der Waals surface area contributed by atoms with E-state index in [1.54, 1.807) is 34.6 Å². The molecule has 0 spiro atoms. The predicted octanol–water partition coefficient (Wildman–Crippen LogP) is 9.84. The molecule has 17 heteroatoms. The molecular formula is C52H95F3N6O8. The summed E-state index contributed by atoms with van der Waals surface area (Å²) in [5.41, 5.74) is -9.71. The fourth-order valence-corrected chi connectivity index (χ4v) is 9.03. The fraction of sp³-hybridized carbons (Fsp3) is 0.865. The summed E-state index contributed by atoms with van der Waals surface area (Å²) >= 11 is 0. The minimum Gasteiger partial charge on any atom is -0.464 e. The summed E-state index contributed by atoms with van der Waals surface area (Å²) in [6.07, 6.45) is 2.95. The smallest absolute Gasteiger partial charge is 0.464 e. The van der Waals surface area contributed by atoms with Crippen molar-refractivity contribution in [1.82, 2.24) is 31.9 Å². The molecule has 0 aromatic rings. The highest BCUT2D eigenvalue weighted by Crippen LogP contribution is 2.32. The van der Waals surface area contributed by atoms with Crippen LogP contribution >= 0.6 is 0 Å². The van der Waals surface area contributed by atoms with Crippen molar-refractivity contribution in [3.63, 3.8) is 0 Å². The molecule has 6 amide bonds. The van der Waals surface area contributed by atoms with Gasteiger partial charge in [-0.3, -0.25) is 28.8 Å². The van der Waals surface area contributed by atoms with Gasteiger partial charge < -0.3 is 36.6 Å². The van der Waals surface area contributed by atoms with Crippen molar-refractivity contribution in [3.8, 4) is 0 Å². The van der Waals surface area contributed by atoms with Crippen molar-refractivity contribution in [1.29, 1.82) is 0 Å². The summed E-state index contributed by atoms with van der Waals surface area (Å²) in [4.78, 5) is 101. The molecule has 0 bridgehead atoms. The molecule has 6 N–H and O–H groups in total. The van der Waals surface area contributed by atoms with Crippen LogP contribution in [0.2, 0.25) is 0 Å². The Morgan fingerprint density at radius 2 is 0.507 bits per heavy atom. The van der Waals surface area contributed by atoms with Gasteiger partial charge in [-0.25, -0.2) is 4.79 Å². The quantitative estimate of drug-likeness (QED) is 0.0330. The molecule has 0 radical (unpaired) electrons. The first kappa shape index (κ1) is 65.1. The van der Waals surface area contributed by atoms with E-state index in [-0.39, 0.29) is 77.2 Å². The Kier molecular flexibility index (Phi) is 29.0. The molecule has 402 valence electrons. The number of halogens is 3. The van der Waals surface area contributed by atoms with E-state index in [0.29, 0.717) is 77.0 Å². The van der Waals surface area contributed by atoms with Gasteiger partial charge in [0.2, 0.25) is 29.5 Å². The number of hydrogen-bond acceptors (Lipinski definition) is 8. The molecule has 0 aliphatic heterocycles. The van der Waals surface area contributed by atoms with E-state index in [1.165, 1.54) is 6.92 Å². The first-order valence-corrected chi connectivity index (χ1v) is 26.7. The molecule has 6 atom stereocenters. The van der Waals surface area contributed by atoms with Gasteiger partial charge in [-0.15, -0.1) is 0 Å². The van der Waals surface area contributed by atoms with Crippen LogP contribution in [-0.2, 0) is 38.3 Å². The largest absolute Gasteiger partial charge is 0.471 e. The minimum atomic E-state index is -5.26. The summed E-state index contributed by atoms with van der Waals surface area (Å²) in [5.74, 6) is -6.19. The van der Waals surface area contributed by atoms with Crippen LogP contribution in [0.25, 0.3) is 0 Å². The lowest BCUT2D eigenvalue weighted by atomic mass is 9.80. The van der Waals surface area contributed by atoms with Crippen LogP contribution in [0.15, 0.2) is 0 Å². The maximum Gasteiger partial charge on any atom is 0.471 e. The summed E-state index contributed by atoms with van der Waals surface area (Å²) in [7, 11) is 0. The molecule has 0 saturated heterocycles. The van der Waals surface area contributed by atoms with Crippen LogP contribution in [0.4, 0.5) is 13.2 Å². The zero-order valence-electron chi connectivity index (χ0n) is 45.1. The van der Waals surface area contributed by atoms with Gasteiger partial charge in [0.25, 0.3) is 0 Å². The number of carbonyl (C=O) groups is 7. The highest BCUT2D eigenvalue weighted by atomic mass is 19.4. The maximum absolute atomic E-state index is 15.3. The fourth-order valence-electron chi connectivity index (χ4n) is 9.03. The van der Waals surface area contributed by atoms with Gasteiger partial charge in [0, 0.05) is 0 Å². The molecule has 0 unspecified atom stereocenters. The van der Waals surface area contributed by atoms with Crippen molar-refractivity contribution < 1.29 is 51.5 Å². The number of amides is 6. The summed E-state index contributed by atoms with van der Waals surface area (Å²) < 4.78 is 46.6. The first-order chi connectivity index (χ1) is 32.5. The second kappa shape index (κ2) is 30.7. The maximum atomic E-state index is 15.3. The summed E-state index contributed by atoms with van der Waals surface area (Å²) in [6, 6.07) is 0. The lowest BCUT2D eigenvalue weighted by Gasteiger charge is -2.44. The number of nitrogens with one attached hydrogen (secondary N) is 6. The molecule has 14 nitrogen and oxygen atoms in total. The van der Waals surface area contributed by atoms with E-state index in [4.69, 9.17) is 4.74 Å². The topological polar surface area (TPSA) is 201 Å². The van der Waals surface area contributed by atoms with Crippen LogP contribution in [0.5, 0.6) is 0 Å². The second-order valence-corrected chi connectivity index (χ2v) is 19.2. The first-order valence-electron chi connectivity index (χ1n) is 26.7. The van der Waals surface area contributed by atoms with Crippen LogP contribution in [-0.4, -0.2) is 87.4 Å². The number of unbranched alkanes of at least 4 members (excludes halogenated alkanes) is 6. The van der Waals surface area contributed by atoms with Crippen molar-refractivity contribution in [2.75, 3.05) is 6.61 Å². The SMILES string of the molecule is CCCC[C@](CC)(NC(=O)C(F)(F)F)C(=O)N[C@@](CC)(CCCC)C(=O)N[C@@](CC)(CCCC)C(=O)N[C@@](CC)(CCCC)C(=O)N[C@@](CC)(CCCC)C(=O)N[C@@](CC)(CCCC)C(=O)OCC. The Morgan fingerprint density at radius 3 is 0.681 bits per heavy atom. The highest BCUT2D eigenvalue weighted by molar-refractivity contribution is 6.02. The predicted molar refractivity (Wildman–Crippen MR) is 267 cm³/mol. The third-order valence-corrected chi connectivity index (χ3v) is 14.6. The van der Waals surface area contributed by atoms with Crippen LogP contribution < -0.4 is 31.9 Å². The van der Waals surface area contributed by atoms with E-state index < -0.39 is 80.8 Å². The average molecular weight is 989 g/mol.